The van der Waals surface area contributed by atoms with Gasteiger partial charge in [0.1, 0.15) is 0 Å². The second-order valence-electron chi connectivity index (χ2n) is 10.3. The summed E-state index contributed by atoms with van der Waals surface area (Å²) in [5, 5.41) is 18.9. The molecule has 2 heterocycles. The van der Waals surface area contributed by atoms with Crippen molar-refractivity contribution in [1.29, 1.82) is 0 Å². The zero-order valence-corrected chi connectivity index (χ0v) is 21.7. The summed E-state index contributed by atoms with van der Waals surface area (Å²) in [7, 11) is 0. The van der Waals surface area contributed by atoms with E-state index in [4.69, 9.17) is 0 Å². The number of hydrogen-bond acceptors (Lipinski definition) is 5. The third kappa shape index (κ3) is 4.81. The molecule has 3 aliphatic rings. The predicted octanol–water partition coefficient (Wildman–Crippen LogP) is 1.29. The smallest absolute Gasteiger partial charge is 0.548 e. The number of rotatable bonds is 7. The Kier molecular flexibility index (Phi) is 7.69. The number of carboxylic acid groups (broad SMARTS) is 1. The molecule has 0 amide bonds. The van der Waals surface area contributed by atoms with Gasteiger partial charge in [-0.1, -0.05) is 61.7 Å². The molecule has 5 nitrogen and oxygen atoms in total. The molecule has 0 saturated heterocycles. The zero-order valence-electron chi connectivity index (χ0n) is 20.9. The van der Waals surface area contributed by atoms with Crippen LogP contribution in [0.25, 0.3) is 10.8 Å². The fourth-order valence-electron chi connectivity index (χ4n) is 5.99. The molecule has 0 bridgehead atoms. The van der Waals surface area contributed by atoms with E-state index in [9.17, 15) is 14.7 Å². The minimum absolute atomic E-state index is 0. The Morgan fingerprint density at radius 1 is 1.00 bits per heavy atom. The summed E-state index contributed by atoms with van der Waals surface area (Å²) in [6.45, 7) is 0.494. The van der Waals surface area contributed by atoms with Gasteiger partial charge in [-0.05, 0) is 65.5 Å². The van der Waals surface area contributed by atoms with Crippen molar-refractivity contribution in [2.45, 2.75) is 80.9 Å². The molecule has 2 fully saturated rings. The van der Waals surface area contributed by atoms with Gasteiger partial charge >= 0.3 is 18.9 Å². The second-order valence-corrected chi connectivity index (χ2v) is 11.3. The van der Waals surface area contributed by atoms with Crippen molar-refractivity contribution in [2.24, 2.45) is 0 Å². The number of carbonyl (C=O) groups excluding carboxylic acids is 1. The van der Waals surface area contributed by atoms with Crippen LogP contribution in [0.4, 0.5) is 0 Å². The summed E-state index contributed by atoms with van der Waals surface area (Å²) in [6.07, 6.45) is 8.88. The third-order valence-electron chi connectivity index (χ3n) is 7.98. The first-order valence-corrected chi connectivity index (χ1v) is 13.9. The monoisotopic (exact) mass is 494 g/mol. The molecular weight excluding hydrogens is 463 g/mol. The van der Waals surface area contributed by atoms with E-state index >= 15 is 0 Å². The number of carbonyl (C=O) groups is 1. The molecule has 36 heavy (non-hydrogen) atoms. The van der Waals surface area contributed by atoms with E-state index in [0.717, 1.165) is 41.8 Å². The van der Waals surface area contributed by atoms with Crippen molar-refractivity contribution >= 4 is 28.5 Å². The summed E-state index contributed by atoms with van der Waals surface area (Å²) in [4.78, 5) is 25.9. The van der Waals surface area contributed by atoms with Gasteiger partial charge in [-0.15, -0.1) is 11.8 Å². The van der Waals surface area contributed by atoms with Crippen LogP contribution < -0.4 is 34.8 Å². The van der Waals surface area contributed by atoms with Crippen LogP contribution in [0, 0.1) is 0 Å². The van der Waals surface area contributed by atoms with E-state index in [1.54, 1.807) is 4.57 Å². The minimum Gasteiger partial charge on any atom is -0.548 e. The van der Waals surface area contributed by atoms with Crippen LogP contribution >= 0.6 is 11.8 Å². The molecule has 2 aliphatic carbocycles. The molecule has 182 valence electrons. The average Bonchev–Trinajstić information content (AvgIpc) is 3.61. The first kappa shape index (κ1) is 25.7. The molecule has 1 atom stereocenters. The molecule has 2 saturated carbocycles. The predicted molar refractivity (Wildman–Crippen MR) is 138 cm³/mol. The van der Waals surface area contributed by atoms with Gasteiger partial charge in [0.2, 0.25) is 0 Å². The first-order valence-electron chi connectivity index (χ1n) is 13.0. The average molecular weight is 495 g/mol. The number of fused-ring (bicyclic) bond motifs is 2. The molecular formula is C29H31LiN2O3S. The maximum absolute atomic E-state index is 13.9. The number of thioether (sulfide) groups is 1. The van der Waals surface area contributed by atoms with Gasteiger partial charge in [0.15, 0.2) is 0 Å². The molecule has 1 aliphatic heterocycles. The van der Waals surface area contributed by atoms with E-state index in [1.807, 2.05) is 0 Å². The van der Waals surface area contributed by atoms with E-state index in [1.165, 1.54) is 52.9 Å². The van der Waals surface area contributed by atoms with Crippen molar-refractivity contribution in [3.8, 4) is 0 Å². The standard InChI is InChI=1S/C29H32N2O3S.Li/c32-27-24(16-30-21-10-2-1-3-11-21)23(15-20-9-6-8-18-7-4-5-12-22(18)20)26(19-13-14-19)28-31(27)25(17-35-28)29(33)34;/h4-9,12,19,21,25,30H,1-3,10-11,13-17H2,(H,33,34);/q;+1/p-1/t25-;/m0./s1. The Hall–Kier alpha value is -1.97. The molecule has 0 radical (unpaired) electrons. The number of pyridine rings is 1. The molecule has 3 aromatic rings. The fourth-order valence-corrected chi connectivity index (χ4v) is 7.39. The third-order valence-corrected chi connectivity index (χ3v) is 9.16. The van der Waals surface area contributed by atoms with Crippen LogP contribution in [0.3, 0.4) is 0 Å². The molecule has 2 aromatic carbocycles. The summed E-state index contributed by atoms with van der Waals surface area (Å²) in [5.74, 6) is -0.388. The van der Waals surface area contributed by atoms with Crippen LogP contribution in [0.1, 0.15) is 79.2 Å². The minimum atomic E-state index is -1.16. The van der Waals surface area contributed by atoms with Gasteiger partial charge in [-0.3, -0.25) is 9.36 Å². The summed E-state index contributed by atoms with van der Waals surface area (Å²) >= 11 is 1.52. The topological polar surface area (TPSA) is 74.2 Å². The second kappa shape index (κ2) is 10.8. The number of nitrogens with zero attached hydrogens (tertiary/aromatic N) is 1. The van der Waals surface area contributed by atoms with Crippen LogP contribution in [0.5, 0.6) is 0 Å². The van der Waals surface area contributed by atoms with Crippen LogP contribution in [0.2, 0.25) is 0 Å². The number of nitrogens with one attached hydrogen (secondary N) is 1. The van der Waals surface area contributed by atoms with E-state index in [0.29, 0.717) is 30.7 Å². The van der Waals surface area contributed by atoms with Gasteiger partial charge in [-0.2, -0.15) is 0 Å². The van der Waals surface area contributed by atoms with Gasteiger partial charge in [-0.25, -0.2) is 0 Å². The van der Waals surface area contributed by atoms with Crippen LogP contribution in [-0.2, 0) is 17.8 Å². The van der Waals surface area contributed by atoms with E-state index in [2.05, 4.69) is 47.8 Å². The Morgan fingerprint density at radius 3 is 2.50 bits per heavy atom. The van der Waals surface area contributed by atoms with Crippen LogP contribution in [0.15, 0.2) is 52.3 Å². The van der Waals surface area contributed by atoms with Crippen molar-refractivity contribution in [1.82, 2.24) is 9.88 Å². The Labute approximate surface area is 228 Å². The van der Waals surface area contributed by atoms with Crippen molar-refractivity contribution in [2.75, 3.05) is 5.75 Å². The molecule has 1 N–H and O–H groups in total. The number of aliphatic carboxylic acids is 1. The van der Waals surface area contributed by atoms with Crippen molar-refractivity contribution < 1.29 is 28.8 Å². The number of aromatic nitrogens is 1. The van der Waals surface area contributed by atoms with Gasteiger partial charge in [0.05, 0.1) is 17.0 Å². The number of carboxylic acids is 1. The molecule has 1 aromatic heterocycles. The SMILES string of the molecule is O=C([O-])[C@@H]1CSc2c(C3CC3)c(Cc3cccc4ccccc34)c(CNC3CCCCC3)c(=O)n21.[Li+]. The van der Waals surface area contributed by atoms with E-state index < -0.39 is 12.0 Å². The molecule has 0 unspecified atom stereocenters. The largest absolute Gasteiger partial charge is 1.00 e. The van der Waals surface area contributed by atoms with Crippen LogP contribution in [-0.4, -0.2) is 22.3 Å². The normalized spacial score (nSPS) is 19.7. The van der Waals surface area contributed by atoms with E-state index in [-0.39, 0.29) is 24.4 Å². The maximum Gasteiger partial charge on any atom is 1.00 e. The maximum atomic E-state index is 13.9. The Morgan fingerprint density at radius 2 is 1.75 bits per heavy atom. The summed E-state index contributed by atoms with van der Waals surface area (Å²) in [6, 6.07) is 14.3. The first-order chi connectivity index (χ1) is 17.1. The Bertz CT molecular complexity index is 1340. The number of hydrogen-bond donors (Lipinski definition) is 1. The molecule has 7 heteroatoms. The quantitative estimate of drug-likeness (QED) is 0.501. The molecule has 6 rings (SSSR count). The van der Waals surface area contributed by atoms with Crippen molar-refractivity contribution in [3.05, 3.63) is 75.1 Å². The van der Waals surface area contributed by atoms with Gasteiger partial charge in [0, 0.05) is 23.9 Å². The molecule has 0 spiro atoms. The fraction of sp³-hybridized carbons (Fsp3) is 0.448. The number of benzene rings is 2. The summed E-state index contributed by atoms with van der Waals surface area (Å²) in [5.41, 5.74) is 4.15. The van der Waals surface area contributed by atoms with Crippen molar-refractivity contribution in [3.63, 3.8) is 0 Å². The zero-order chi connectivity index (χ0) is 23.9. The summed E-state index contributed by atoms with van der Waals surface area (Å²) < 4.78 is 1.55. The van der Waals surface area contributed by atoms with Gasteiger partial charge < -0.3 is 15.2 Å². The Balaban J connectivity index is 0.00000267. The van der Waals surface area contributed by atoms with Gasteiger partial charge in [0.25, 0.3) is 5.56 Å².